The minimum Gasteiger partial charge on any atom is -0.352 e. The van der Waals surface area contributed by atoms with Crippen LogP contribution in [-0.2, 0) is 26.2 Å². The van der Waals surface area contributed by atoms with Gasteiger partial charge in [-0.15, -0.1) is 0 Å². The second-order valence-electron chi connectivity index (χ2n) is 9.30. The lowest BCUT2D eigenvalue weighted by atomic mass is 10.0. The van der Waals surface area contributed by atoms with Gasteiger partial charge in [-0.1, -0.05) is 50.2 Å². The Labute approximate surface area is 204 Å². The van der Waals surface area contributed by atoms with E-state index < -0.39 is 28.5 Å². The largest absolute Gasteiger partial charge is 0.352 e. The summed E-state index contributed by atoms with van der Waals surface area (Å²) in [5.74, 6) is -0.440. The number of aryl methyl sites for hydroxylation is 1. The molecule has 2 rings (SSSR count). The van der Waals surface area contributed by atoms with Crippen LogP contribution in [0.3, 0.4) is 0 Å². The molecule has 7 nitrogen and oxygen atoms in total. The van der Waals surface area contributed by atoms with Gasteiger partial charge in [-0.05, 0) is 62.4 Å². The maximum absolute atomic E-state index is 13.5. The molecule has 0 aliphatic carbocycles. The number of sulfonamides is 1. The molecule has 0 heterocycles. The summed E-state index contributed by atoms with van der Waals surface area (Å²) in [4.78, 5) is 27.8. The number of nitrogens with one attached hydrogen (secondary N) is 1. The van der Waals surface area contributed by atoms with Crippen molar-refractivity contribution in [3.05, 3.63) is 65.2 Å². The Morgan fingerprint density at radius 2 is 1.53 bits per heavy atom. The van der Waals surface area contributed by atoms with E-state index in [1.54, 1.807) is 19.1 Å². The summed E-state index contributed by atoms with van der Waals surface area (Å²) in [5, 5.41) is 2.85. The summed E-state index contributed by atoms with van der Waals surface area (Å²) < 4.78 is 26.4. The van der Waals surface area contributed by atoms with Crippen molar-refractivity contribution >= 4 is 27.5 Å². The third-order valence-electron chi connectivity index (χ3n) is 5.73. The summed E-state index contributed by atoms with van der Waals surface area (Å²) in [6, 6.07) is 13.9. The number of anilines is 1. The number of hydrogen-bond acceptors (Lipinski definition) is 4. The van der Waals surface area contributed by atoms with Crippen molar-refractivity contribution < 1.29 is 18.0 Å². The summed E-state index contributed by atoms with van der Waals surface area (Å²) in [6.07, 6.45) is 1.08. The highest BCUT2D eigenvalue weighted by atomic mass is 32.2. The molecule has 186 valence electrons. The zero-order chi connectivity index (χ0) is 25.6. The highest BCUT2D eigenvalue weighted by Gasteiger charge is 2.30. The lowest BCUT2D eigenvalue weighted by molar-refractivity contribution is -0.139. The lowest BCUT2D eigenvalue weighted by Gasteiger charge is -2.32. The molecule has 2 amide bonds. The molecular formula is C26H37N3O4S. The molecular weight excluding hydrogens is 450 g/mol. The van der Waals surface area contributed by atoms with Crippen LogP contribution in [0.15, 0.2) is 48.5 Å². The van der Waals surface area contributed by atoms with Crippen LogP contribution in [0.4, 0.5) is 5.69 Å². The van der Waals surface area contributed by atoms with E-state index in [0.29, 0.717) is 11.6 Å². The average Bonchev–Trinajstić information content (AvgIpc) is 2.75. The van der Waals surface area contributed by atoms with Crippen molar-refractivity contribution in [3.8, 4) is 0 Å². The van der Waals surface area contributed by atoms with E-state index in [1.165, 1.54) is 4.90 Å². The SMILES string of the molecule is Cc1ccccc1CN(C(=O)CN(c1ccc(C(C)C)cc1)S(C)(=O)=O)[C@@H](C)C(=O)NC(C)C. The average molecular weight is 488 g/mol. The van der Waals surface area contributed by atoms with Gasteiger partial charge in [0.25, 0.3) is 0 Å². The fourth-order valence-corrected chi connectivity index (χ4v) is 4.45. The molecule has 2 aromatic rings. The van der Waals surface area contributed by atoms with E-state index in [2.05, 4.69) is 19.2 Å². The molecule has 2 aromatic carbocycles. The number of hydrogen-bond donors (Lipinski definition) is 1. The van der Waals surface area contributed by atoms with Crippen LogP contribution in [0.1, 0.15) is 57.2 Å². The van der Waals surface area contributed by atoms with Gasteiger partial charge < -0.3 is 10.2 Å². The van der Waals surface area contributed by atoms with E-state index in [9.17, 15) is 18.0 Å². The van der Waals surface area contributed by atoms with Gasteiger partial charge >= 0.3 is 0 Å². The Morgan fingerprint density at radius 3 is 2.03 bits per heavy atom. The molecule has 8 heteroatoms. The minimum absolute atomic E-state index is 0.0858. The minimum atomic E-state index is -3.74. The molecule has 0 aliphatic rings. The van der Waals surface area contributed by atoms with Crippen LogP contribution in [-0.4, -0.2) is 50.0 Å². The molecule has 1 N–H and O–H groups in total. The first kappa shape index (κ1) is 27.4. The van der Waals surface area contributed by atoms with Gasteiger partial charge in [0.15, 0.2) is 0 Å². The fraction of sp³-hybridized carbons (Fsp3) is 0.462. The summed E-state index contributed by atoms with van der Waals surface area (Å²) >= 11 is 0. The fourth-order valence-electron chi connectivity index (χ4n) is 3.60. The van der Waals surface area contributed by atoms with Gasteiger partial charge in [0, 0.05) is 12.6 Å². The van der Waals surface area contributed by atoms with E-state index in [0.717, 1.165) is 27.3 Å². The Bertz CT molecular complexity index is 1100. The maximum Gasteiger partial charge on any atom is 0.244 e. The highest BCUT2D eigenvalue weighted by molar-refractivity contribution is 7.92. The predicted molar refractivity (Wildman–Crippen MR) is 137 cm³/mol. The van der Waals surface area contributed by atoms with E-state index >= 15 is 0 Å². The third kappa shape index (κ3) is 7.32. The van der Waals surface area contributed by atoms with Gasteiger partial charge in [0.1, 0.15) is 12.6 Å². The molecule has 0 fully saturated rings. The first-order valence-electron chi connectivity index (χ1n) is 11.5. The highest BCUT2D eigenvalue weighted by Crippen LogP contribution is 2.23. The predicted octanol–water partition coefficient (Wildman–Crippen LogP) is 3.83. The lowest BCUT2D eigenvalue weighted by Crippen LogP contribution is -2.52. The van der Waals surface area contributed by atoms with E-state index in [-0.39, 0.29) is 18.5 Å². The first-order chi connectivity index (χ1) is 15.8. The van der Waals surface area contributed by atoms with Crippen molar-refractivity contribution in [1.82, 2.24) is 10.2 Å². The molecule has 1 atom stereocenters. The third-order valence-corrected chi connectivity index (χ3v) is 6.87. The standard InChI is InChI=1S/C26H37N3O4S/c1-18(2)22-12-14-24(15-13-22)29(34(7,32)33)17-25(30)28(21(6)26(31)27-19(3)4)16-23-11-9-8-10-20(23)5/h8-15,18-19,21H,16-17H2,1-7H3,(H,27,31)/t21-/m0/s1. The van der Waals surface area contributed by atoms with Crippen molar-refractivity contribution in [1.29, 1.82) is 0 Å². The Morgan fingerprint density at radius 1 is 0.941 bits per heavy atom. The molecule has 0 radical (unpaired) electrons. The van der Waals surface area contributed by atoms with Crippen LogP contribution in [0.2, 0.25) is 0 Å². The van der Waals surface area contributed by atoms with Crippen molar-refractivity contribution in [2.24, 2.45) is 0 Å². The zero-order valence-corrected chi connectivity index (χ0v) is 22.0. The van der Waals surface area contributed by atoms with E-state index in [1.807, 2.05) is 57.2 Å². The number of benzene rings is 2. The van der Waals surface area contributed by atoms with Gasteiger partial charge in [0.05, 0.1) is 11.9 Å². The van der Waals surface area contributed by atoms with Crippen molar-refractivity contribution in [2.75, 3.05) is 17.1 Å². The number of carbonyl (C=O) groups is 2. The molecule has 0 aliphatic heterocycles. The van der Waals surface area contributed by atoms with Crippen LogP contribution in [0.5, 0.6) is 0 Å². The van der Waals surface area contributed by atoms with Crippen LogP contribution in [0, 0.1) is 6.92 Å². The van der Waals surface area contributed by atoms with Gasteiger partial charge in [-0.3, -0.25) is 13.9 Å². The monoisotopic (exact) mass is 487 g/mol. The van der Waals surface area contributed by atoms with Crippen LogP contribution < -0.4 is 9.62 Å². The molecule has 0 aromatic heterocycles. The maximum atomic E-state index is 13.5. The number of amides is 2. The summed E-state index contributed by atoms with van der Waals surface area (Å²) in [5.41, 5.74) is 3.37. The number of carbonyl (C=O) groups excluding carboxylic acids is 2. The summed E-state index contributed by atoms with van der Waals surface area (Å²) in [7, 11) is -3.74. The number of rotatable bonds is 10. The van der Waals surface area contributed by atoms with E-state index in [4.69, 9.17) is 0 Å². The number of nitrogens with zero attached hydrogens (tertiary/aromatic N) is 2. The molecule has 0 saturated carbocycles. The zero-order valence-electron chi connectivity index (χ0n) is 21.2. The Kier molecular flexibility index (Phi) is 9.27. The normalized spacial score (nSPS) is 12.5. The van der Waals surface area contributed by atoms with Crippen molar-refractivity contribution in [2.45, 2.75) is 66.1 Å². The smallest absolute Gasteiger partial charge is 0.244 e. The Hall–Kier alpha value is -2.87. The van der Waals surface area contributed by atoms with Crippen molar-refractivity contribution in [3.63, 3.8) is 0 Å². The molecule has 0 bridgehead atoms. The van der Waals surface area contributed by atoms with Gasteiger partial charge in [0.2, 0.25) is 21.8 Å². The topological polar surface area (TPSA) is 86.8 Å². The molecule has 34 heavy (non-hydrogen) atoms. The van der Waals surface area contributed by atoms with Crippen LogP contribution in [0.25, 0.3) is 0 Å². The van der Waals surface area contributed by atoms with Crippen LogP contribution >= 0.6 is 0 Å². The molecule has 0 spiro atoms. The quantitative estimate of drug-likeness (QED) is 0.552. The Balaban J connectivity index is 2.40. The second-order valence-corrected chi connectivity index (χ2v) is 11.2. The van der Waals surface area contributed by atoms with Gasteiger partial charge in [-0.25, -0.2) is 8.42 Å². The summed E-state index contributed by atoms with van der Waals surface area (Å²) in [6.45, 7) is 11.2. The molecule has 0 unspecified atom stereocenters. The first-order valence-corrected chi connectivity index (χ1v) is 13.4. The second kappa shape index (κ2) is 11.5. The van der Waals surface area contributed by atoms with Gasteiger partial charge in [-0.2, -0.15) is 0 Å². The molecule has 0 saturated heterocycles.